The van der Waals surface area contributed by atoms with Crippen LogP contribution in [0.15, 0.2) is 0 Å². The van der Waals surface area contributed by atoms with Gasteiger partial charge in [0.25, 0.3) is 0 Å². The zero-order chi connectivity index (χ0) is 14.9. The van der Waals surface area contributed by atoms with Gasteiger partial charge in [-0.3, -0.25) is 9.59 Å². The molecule has 0 rings (SSSR count). The van der Waals surface area contributed by atoms with E-state index in [1.807, 2.05) is 0 Å². The molecule has 4 nitrogen and oxygen atoms in total. The van der Waals surface area contributed by atoms with Crippen molar-refractivity contribution in [3.63, 3.8) is 0 Å². The number of carboxylic acids is 2. The summed E-state index contributed by atoms with van der Waals surface area (Å²) in [5.41, 5.74) is -1.62. The Morgan fingerprint density at radius 1 is 0.950 bits per heavy atom. The van der Waals surface area contributed by atoms with Gasteiger partial charge in [-0.2, -0.15) is 0 Å². The molecule has 0 aromatic rings. The van der Waals surface area contributed by atoms with Crippen LogP contribution in [0.25, 0.3) is 0 Å². The Kier molecular flexibility index (Phi) is 12.3. The van der Waals surface area contributed by atoms with Crippen LogP contribution >= 0.6 is 0 Å². The molecule has 0 unspecified atom stereocenters. The van der Waals surface area contributed by atoms with Crippen LogP contribution in [0.1, 0.15) is 73.6 Å². The summed E-state index contributed by atoms with van der Waals surface area (Å²) in [5.74, 6) is -2.82. The van der Waals surface area contributed by atoms with Crippen LogP contribution in [-0.4, -0.2) is 22.2 Å². The molecule has 0 radical (unpaired) electrons. The van der Waals surface area contributed by atoms with E-state index in [1.54, 1.807) is 13.8 Å². The molecule has 0 aliphatic carbocycles. The molecule has 0 amide bonds. The Labute approximate surface area is 136 Å². The van der Waals surface area contributed by atoms with Crippen LogP contribution in [0.4, 0.5) is 0 Å². The van der Waals surface area contributed by atoms with Crippen LogP contribution in [0.2, 0.25) is 0 Å². The summed E-state index contributed by atoms with van der Waals surface area (Å²) < 4.78 is 0. The Hall–Kier alpha value is -0.463. The molecule has 0 heterocycles. The first-order valence-electron chi connectivity index (χ1n) is 7.36. The zero-order valence-corrected chi connectivity index (χ0v) is 13.4. The Bertz CT molecular complexity index is 281. The molecule has 0 saturated carbocycles. The number of hydrogen-bond donors (Lipinski definition) is 2. The van der Waals surface area contributed by atoms with Crippen molar-refractivity contribution in [2.24, 2.45) is 11.3 Å². The maximum Gasteiger partial charge on any atom is 1.00 e. The molecule has 0 aromatic heterocycles. The first-order chi connectivity index (χ1) is 8.89. The number of hydrogen-bond acceptors (Lipinski definition) is 2. The third-order valence-electron chi connectivity index (χ3n) is 3.92. The van der Waals surface area contributed by atoms with Crippen LogP contribution in [-0.2, 0) is 9.59 Å². The molecule has 0 atom stereocenters. The van der Waals surface area contributed by atoms with Gasteiger partial charge in [-0.05, 0) is 12.3 Å². The molecule has 0 spiro atoms. The maximum atomic E-state index is 11.3. The quantitative estimate of drug-likeness (QED) is 0.337. The fourth-order valence-electron chi connectivity index (χ4n) is 2.45. The summed E-state index contributed by atoms with van der Waals surface area (Å²) in [6.07, 6.45) is 7.68. The summed E-state index contributed by atoms with van der Waals surface area (Å²) in [6, 6.07) is 0. The van der Waals surface area contributed by atoms with E-state index in [-0.39, 0.29) is 26.7 Å². The van der Waals surface area contributed by atoms with Crippen molar-refractivity contribution >= 4 is 11.9 Å². The van der Waals surface area contributed by atoms with Gasteiger partial charge < -0.3 is 11.6 Å². The Morgan fingerprint density at radius 2 is 1.35 bits per heavy atom. The fourth-order valence-corrected chi connectivity index (χ4v) is 2.45. The van der Waals surface area contributed by atoms with Crippen molar-refractivity contribution < 1.29 is 40.1 Å². The van der Waals surface area contributed by atoms with Crippen molar-refractivity contribution in [2.45, 2.75) is 72.1 Å². The van der Waals surface area contributed by atoms with E-state index in [0.717, 1.165) is 19.3 Å². The van der Waals surface area contributed by atoms with E-state index in [0.29, 0.717) is 6.42 Å². The van der Waals surface area contributed by atoms with Gasteiger partial charge in [0.15, 0.2) is 5.41 Å². The molecular weight excluding hydrogens is 251 g/mol. The van der Waals surface area contributed by atoms with Gasteiger partial charge in [-0.1, -0.05) is 65.7 Å². The van der Waals surface area contributed by atoms with E-state index in [1.165, 1.54) is 19.3 Å². The second-order valence-electron chi connectivity index (χ2n) is 5.61. The molecule has 0 aliphatic heterocycles. The van der Waals surface area contributed by atoms with Gasteiger partial charge >= 0.3 is 30.8 Å². The standard InChI is InChI=1S/C15H28O4.Li.H/c1-4-5-6-7-8-9-10-11-15(12(2)3,13(16)17)14(18)19;;/h12H,4-11H2,1-3H3,(H,16,17)(H,18,19);;/q;+1;-1. The van der Waals surface area contributed by atoms with Crippen molar-refractivity contribution in [3.05, 3.63) is 0 Å². The van der Waals surface area contributed by atoms with Gasteiger partial charge in [0.05, 0.1) is 0 Å². The molecule has 0 bridgehead atoms. The second-order valence-corrected chi connectivity index (χ2v) is 5.61. The number of carbonyl (C=O) groups is 2. The second kappa shape index (κ2) is 11.2. The predicted octanol–water partition coefficient (Wildman–Crippen LogP) is 1.06. The van der Waals surface area contributed by atoms with Gasteiger partial charge in [-0.15, -0.1) is 0 Å². The Balaban J connectivity index is -0.00000162. The predicted molar refractivity (Wildman–Crippen MR) is 76.3 cm³/mol. The number of rotatable bonds is 11. The minimum atomic E-state index is -1.62. The van der Waals surface area contributed by atoms with Crippen LogP contribution in [0, 0.1) is 11.3 Å². The normalized spacial score (nSPS) is 11.2. The van der Waals surface area contributed by atoms with Crippen LogP contribution < -0.4 is 18.9 Å². The first-order valence-corrected chi connectivity index (χ1v) is 7.36. The monoisotopic (exact) mass is 280 g/mol. The smallest absolute Gasteiger partial charge is 1.00 e. The summed E-state index contributed by atoms with van der Waals surface area (Å²) in [5, 5.41) is 18.5. The van der Waals surface area contributed by atoms with E-state index in [9.17, 15) is 19.8 Å². The number of carboxylic acid groups (broad SMARTS) is 2. The molecule has 5 heteroatoms. The third kappa shape index (κ3) is 6.32. The topological polar surface area (TPSA) is 74.6 Å². The Morgan fingerprint density at radius 3 is 1.70 bits per heavy atom. The largest absolute Gasteiger partial charge is 1.00 e. The van der Waals surface area contributed by atoms with Crippen LogP contribution in [0.3, 0.4) is 0 Å². The van der Waals surface area contributed by atoms with Crippen molar-refractivity contribution in [1.82, 2.24) is 0 Å². The average molecular weight is 280 g/mol. The molecule has 0 aromatic carbocycles. The summed E-state index contributed by atoms with van der Waals surface area (Å²) in [4.78, 5) is 22.7. The van der Waals surface area contributed by atoms with Gasteiger partial charge in [0, 0.05) is 0 Å². The molecule has 114 valence electrons. The van der Waals surface area contributed by atoms with E-state index in [4.69, 9.17) is 0 Å². The summed E-state index contributed by atoms with van der Waals surface area (Å²) >= 11 is 0. The molecule has 0 fully saturated rings. The maximum absolute atomic E-state index is 11.3. The molecule has 2 N–H and O–H groups in total. The van der Waals surface area contributed by atoms with Crippen molar-refractivity contribution in [2.75, 3.05) is 0 Å². The van der Waals surface area contributed by atoms with Gasteiger partial charge in [0.1, 0.15) is 0 Å². The summed E-state index contributed by atoms with van der Waals surface area (Å²) in [6.45, 7) is 5.50. The van der Waals surface area contributed by atoms with E-state index in [2.05, 4.69) is 6.92 Å². The molecule has 0 saturated heterocycles. The first kappa shape index (κ1) is 21.8. The molecular formula is C15H29LiO4. The minimum absolute atomic E-state index is 0. The fraction of sp³-hybridized carbons (Fsp3) is 0.867. The van der Waals surface area contributed by atoms with Gasteiger partial charge in [-0.25, -0.2) is 0 Å². The number of unbranched alkanes of at least 4 members (excludes halogenated alkanes) is 6. The third-order valence-corrected chi connectivity index (χ3v) is 3.92. The van der Waals surface area contributed by atoms with Crippen molar-refractivity contribution in [1.29, 1.82) is 0 Å². The van der Waals surface area contributed by atoms with Crippen LogP contribution in [0.5, 0.6) is 0 Å². The molecule has 20 heavy (non-hydrogen) atoms. The van der Waals surface area contributed by atoms with E-state index >= 15 is 0 Å². The van der Waals surface area contributed by atoms with E-state index < -0.39 is 23.3 Å². The minimum Gasteiger partial charge on any atom is -1.00 e. The average Bonchev–Trinajstić information content (AvgIpc) is 2.31. The summed E-state index contributed by atoms with van der Waals surface area (Å²) in [7, 11) is 0. The SMILES string of the molecule is CCCCCCCCCC(C(=O)O)(C(=O)O)C(C)C.[H-].[Li+]. The van der Waals surface area contributed by atoms with Gasteiger partial charge in [0.2, 0.25) is 0 Å². The zero-order valence-electron chi connectivity index (χ0n) is 14.4. The van der Waals surface area contributed by atoms with Crippen molar-refractivity contribution in [3.8, 4) is 0 Å². The molecule has 0 aliphatic rings. The number of aliphatic carboxylic acids is 2.